The predicted molar refractivity (Wildman–Crippen MR) is 153 cm³/mol. The van der Waals surface area contributed by atoms with Crippen molar-refractivity contribution in [2.24, 2.45) is 5.92 Å². The molecule has 1 aliphatic carbocycles. The van der Waals surface area contributed by atoms with E-state index in [2.05, 4.69) is 26.3 Å². The average Bonchev–Trinajstić information content (AvgIpc) is 3.30. The minimum absolute atomic E-state index is 0.00190. The summed E-state index contributed by atoms with van der Waals surface area (Å²) in [4.78, 5) is 45.3. The highest BCUT2D eigenvalue weighted by Gasteiger charge is 2.52. The summed E-state index contributed by atoms with van der Waals surface area (Å²) in [5.41, 5.74) is 2.34. The van der Waals surface area contributed by atoms with Crippen molar-refractivity contribution >= 4 is 35.3 Å². The van der Waals surface area contributed by atoms with Gasteiger partial charge in [-0.15, -0.1) is 0 Å². The number of carbonyl (C=O) groups is 3. The van der Waals surface area contributed by atoms with E-state index < -0.39 is 0 Å². The second-order valence-electron chi connectivity index (χ2n) is 10.9. The molecule has 3 aliphatic heterocycles. The zero-order valence-electron chi connectivity index (χ0n) is 22.6. The molecule has 4 amide bonds. The second-order valence-corrected chi connectivity index (χ2v) is 12.0. The van der Waals surface area contributed by atoms with Crippen LogP contribution in [-0.2, 0) is 9.59 Å². The molecule has 210 valence electrons. The van der Waals surface area contributed by atoms with Gasteiger partial charge in [0.1, 0.15) is 5.75 Å². The number of carbonyl (C=O) groups excluding carboxylic acids is 3. The van der Waals surface area contributed by atoms with Crippen LogP contribution in [0.2, 0.25) is 0 Å². The quantitative estimate of drug-likeness (QED) is 0.425. The third kappa shape index (κ3) is 5.27. The molecule has 10 nitrogen and oxygen atoms in total. The number of urea groups is 1. The fourth-order valence-corrected chi connectivity index (χ4v) is 7.66. The predicted octanol–water partition coefficient (Wildman–Crippen LogP) is 3.54. The van der Waals surface area contributed by atoms with Crippen molar-refractivity contribution in [2.75, 3.05) is 11.4 Å². The van der Waals surface area contributed by atoms with Crippen LogP contribution in [0, 0.1) is 12.8 Å². The number of hydrogen-bond acceptors (Lipinski definition) is 7. The molecule has 6 rings (SSSR count). The number of nitrogens with one attached hydrogen (secondary N) is 4. The van der Waals surface area contributed by atoms with Crippen LogP contribution in [0.25, 0.3) is 0 Å². The van der Waals surface area contributed by atoms with Gasteiger partial charge in [0.05, 0.1) is 28.2 Å². The van der Waals surface area contributed by atoms with Crippen LogP contribution in [0.1, 0.15) is 44.6 Å². The van der Waals surface area contributed by atoms with Gasteiger partial charge in [-0.1, -0.05) is 30.0 Å². The number of aromatic nitrogens is 1. The van der Waals surface area contributed by atoms with Crippen molar-refractivity contribution in [1.82, 2.24) is 26.3 Å². The Morgan fingerprint density at radius 2 is 1.80 bits per heavy atom. The molecule has 3 atom stereocenters. The average molecular weight is 563 g/mol. The van der Waals surface area contributed by atoms with Crippen LogP contribution in [0.4, 0.5) is 10.5 Å². The Morgan fingerprint density at radius 1 is 1.07 bits per heavy atom. The monoisotopic (exact) mass is 562 g/mol. The summed E-state index contributed by atoms with van der Waals surface area (Å²) >= 11 is 1.51. The van der Waals surface area contributed by atoms with Crippen LogP contribution in [-0.4, -0.2) is 52.9 Å². The van der Waals surface area contributed by atoms with E-state index in [1.807, 2.05) is 43.3 Å². The van der Waals surface area contributed by atoms with Gasteiger partial charge in [0.25, 0.3) is 5.91 Å². The number of hydrogen-bond donors (Lipinski definition) is 4. The Morgan fingerprint density at radius 3 is 2.50 bits per heavy atom. The summed E-state index contributed by atoms with van der Waals surface area (Å²) in [6.45, 7) is 4.24. The number of anilines is 1. The van der Waals surface area contributed by atoms with Crippen molar-refractivity contribution < 1.29 is 19.1 Å². The number of thioether (sulfide) groups is 1. The van der Waals surface area contributed by atoms with Gasteiger partial charge in [-0.2, -0.15) is 0 Å². The smallest absolute Gasteiger partial charge is 0.326 e. The molecule has 1 saturated carbocycles. The standard InChI is InChI=1S/C29H34N6O4S/c1-16-14-23(39-20-6-4-3-5-7-20)31-15-22(16)35-21-12-13-30-28-24(21)25(34-29(35)38)26(40-28)27(37)33-19-10-8-18(9-11-19)32-17(2)36/h3-7,14-15,18-19,21,24,28,30H,8-13H2,1-2H3,(H,32,36)(H,33,37)(H,34,38). The van der Waals surface area contributed by atoms with Gasteiger partial charge in [-0.25, -0.2) is 9.78 Å². The first-order valence-corrected chi connectivity index (χ1v) is 14.8. The molecule has 0 radical (unpaired) electrons. The highest BCUT2D eigenvalue weighted by Crippen LogP contribution is 2.48. The maximum Gasteiger partial charge on any atom is 0.326 e. The third-order valence-electron chi connectivity index (χ3n) is 8.10. The van der Waals surface area contributed by atoms with E-state index in [1.165, 1.54) is 18.7 Å². The van der Waals surface area contributed by atoms with Crippen molar-refractivity contribution in [1.29, 1.82) is 0 Å². The van der Waals surface area contributed by atoms with E-state index in [1.54, 1.807) is 11.1 Å². The molecule has 4 heterocycles. The Bertz CT molecular complexity index is 1340. The number of pyridine rings is 1. The third-order valence-corrected chi connectivity index (χ3v) is 9.46. The molecule has 11 heteroatoms. The lowest BCUT2D eigenvalue weighted by Crippen LogP contribution is -2.62. The van der Waals surface area contributed by atoms with Crippen molar-refractivity contribution in [3.63, 3.8) is 0 Å². The zero-order chi connectivity index (χ0) is 27.8. The minimum Gasteiger partial charge on any atom is -0.439 e. The number of amides is 4. The number of para-hydroxylation sites is 1. The van der Waals surface area contributed by atoms with E-state index in [0.717, 1.165) is 49.9 Å². The van der Waals surface area contributed by atoms with E-state index in [9.17, 15) is 14.4 Å². The summed E-state index contributed by atoms with van der Waals surface area (Å²) in [5.74, 6) is 0.980. The van der Waals surface area contributed by atoms with E-state index in [0.29, 0.717) is 22.2 Å². The molecule has 40 heavy (non-hydrogen) atoms. The molecule has 2 saturated heterocycles. The summed E-state index contributed by atoms with van der Waals surface area (Å²) in [6, 6.07) is 11.2. The SMILES string of the molecule is CC(=O)NC1CCC(NC(=O)C2=C3NC(=O)N(c4cnc(Oc5ccccc5)cc4C)C4CCNC(S2)C34)CC1. The van der Waals surface area contributed by atoms with Gasteiger partial charge in [-0.05, 0) is 63.3 Å². The first-order valence-electron chi connectivity index (χ1n) is 13.9. The molecule has 1 aromatic carbocycles. The van der Waals surface area contributed by atoms with Crippen LogP contribution in [0.3, 0.4) is 0 Å². The van der Waals surface area contributed by atoms with Gasteiger partial charge in [0.2, 0.25) is 11.8 Å². The molecule has 0 bridgehead atoms. The van der Waals surface area contributed by atoms with Crippen LogP contribution in [0.5, 0.6) is 11.6 Å². The van der Waals surface area contributed by atoms with Crippen molar-refractivity contribution in [3.8, 4) is 11.6 Å². The van der Waals surface area contributed by atoms with Gasteiger partial charge in [-0.3, -0.25) is 14.5 Å². The number of aryl methyl sites for hydroxylation is 1. The highest BCUT2D eigenvalue weighted by atomic mass is 32.2. The first-order chi connectivity index (χ1) is 19.4. The normalized spacial score (nSPS) is 27.5. The fraction of sp³-hybridized carbons (Fsp3) is 0.448. The molecule has 4 aliphatic rings. The van der Waals surface area contributed by atoms with Crippen molar-refractivity contribution in [2.45, 2.75) is 69.5 Å². The highest BCUT2D eigenvalue weighted by molar-refractivity contribution is 8.04. The topological polar surface area (TPSA) is 125 Å². The Labute approximate surface area is 237 Å². The Hall–Kier alpha value is -3.57. The summed E-state index contributed by atoms with van der Waals surface area (Å²) < 4.78 is 5.89. The molecular formula is C29H34N6O4S. The minimum atomic E-state index is -0.248. The lowest BCUT2D eigenvalue weighted by molar-refractivity contribution is -0.120. The number of piperidine rings is 1. The maximum absolute atomic E-state index is 13.6. The molecule has 1 aromatic heterocycles. The molecule has 3 unspecified atom stereocenters. The lowest BCUT2D eigenvalue weighted by atomic mass is 9.86. The van der Waals surface area contributed by atoms with Crippen LogP contribution >= 0.6 is 11.8 Å². The van der Waals surface area contributed by atoms with Gasteiger partial charge in [0.15, 0.2) is 0 Å². The Kier molecular flexibility index (Phi) is 7.41. The van der Waals surface area contributed by atoms with Gasteiger partial charge >= 0.3 is 6.03 Å². The molecule has 0 spiro atoms. The maximum atomic E-state index is 13.6. The van der Waals surface area contributed by atoms with E-state index in [4.69, 9.17) is 4.74 Å². The number of nitrogens with zero attached hydrogens (tertiary/aromatic N) is 2. The molecular weight excluding hydrogens is 528 g/mol. The van der Waals surface area contributed by atoms with E-state index >= 15 is 0 Å². The molecule has 2 aromatic rings. The first kappa shape index (κ1) is 26.6. The zero-order valence-corrected chi connectivity index (χ0v) is 23.4. The molecule has 3 fully saturated rings. The largest absolute Gasteiger partial charge is 0.439 e. The second kappa shape index (κ2) is 11.1. The van der Waals surface area contributed by atoms with Crippen LogP contribution in [0.15, 0.2) is 53.2 Å². The molecule has 4 N–H and O–H groups in total. The van der Waals surface area contributed by atoms with Crippen LogP contribution < -0.4 is 30.9 Å². The van der Waals surface area contributed by atoms with Crippen molar-refractivity contribution in [3.05, 3.63) is 58.8 Å². The summed E-state index contributed by atoms with van der Waals surface area (Å²) in [6.07, 6.45) is 5.77. The van der Waals surface area contributed by atoms with Gasteiger partial charge < -0.3 is 26.0 Å². The Balaban J connectivity index is 1.18. The fourth-order valence-electron chi connectivity index (χ4n) is 6.26. The van der Waals surface area contributed by atoms with E-state index in [-0.39, 0.29) is 47.3 Å². The lowest BCUT2D eigenvalue weighted by Gasteiger charge is -2.46. The number of ether oxygens (including phenoxy) is 1. The summed E-state index contributed by atoms with van der Waals surface area (Å²) in [7, 11) is 0. The summed E-state index contributed by atoms with van der Waals surface area (Å²) in [5, 5.41) is 12.8. The number of benzene rings is 1. The number of rotatable bonds is 6. The van der Waals surface area contributed by atoms with Gasteiger partial charge in [0, 0.05) is 36.7 Å².